The molecular weight excluding hydrogens is 292 g/mol. The summed E-state index contributed by atoms with van der Waals surface area (Å²) >= 11 is 0. The first-order valence-electron chi connectivity index (χ1n) is 7.44. The van der Waals surface area contributed by atoms with E-state index in [-0.39, 0.29) is 11.7 Å². The number of pyridine rings is 1. The van der Waals surface area contributed by atoms with Crippen molar-refractivity contribution in [3.8, 4) is 5.75 Å². The summed E-state index contributed by atoms with van der Waals surface area (Å²) in [7, 11) is 1.64. The van der Waals surface area contributed by atoms with Gasteiger partial charge in [0.1, 0.15) is 11.3 Å². The average molecular weight is 310 g/mol. The van der Waals surface area contributed by atoms with Gasteiger partial charge >= 0.3 is 0 Å². The molecular formula is C18H18N2O3. The number of benzene rings is 1. The second-order valence-electron chi connectivity index (χ2n) is 5.30. The van der Waals surface area contributed by atoms with Gasteiger partial charge < -0.3 is 14.5 Å². The minimum Gasteiger partial charge on any atom is -0.497 e. The molecule has 0 radical (unpaired) electrons. The topological polar surface area (TPSA) is 64.4 Å². The minimum atomic E-state index is -0.233. The largest absolute Gasteiger partial charge is 0.497 e. The zero-order valence-electron chi connectivity index (χ0n) is 13.1. The van der Waals surface area contributed by atoms with E-state index in [1.54, 1.807) is 13.2 Å². The smallest absolute Gasteiger partial charge is 0.287 e. The summed E-state index contributed by atoms with van der Waals surface area (Å²) in [6.07, 6.45) is 0.723. The van der Waals surface area contributed by atoms with Crippen LogP contribution < -0.4 is 10.1 Å². The zero-order chi connectivity index (χ0) is 16.2. The second-order valence-corrected chi connectivity index (χ2v) is 5.30. The van der Waals surface area contributed by atoms with E-state index in [4.69, 9.17) is 9.15 Å². The molecule has 23 heavy (non-hydrogen) atoms. The Hall–Kier alpha value is -2.82. The van der Waals surface area contributed by atoms with E-state index in [2.05, 4.69) is 10.3 Å². The maximum Gasteiger partial charge on any atom is 0.287 e. The predicted molar refractivity (Wildman–Crippen MR) is 87.8 cm³/mol. The summed E-state index contributed by atoms with van der Waals surface area (Å²) in [5, 5.41) is 2.86. The maximum absolute atomic E-state index is 12.2. The molecule has 3 rings (SSSR count). The van der Waals surface area contributed by atoms with Crippen molar-refractivity contribution in [2.45, 2.75) is 13.3 Å². The van der Waals surface area contributed by atoms with Gasteiger partial charge in [-0.2, -0.15) is 0 Å². The molecule has 1 amide bonds. The number of hydrogen-bond donors (Lipinski definition) is 1. The van der Waals surface area contributed by atoms with Gasteiger partial charge in [-0.3, -0.25) is 4.79 Å². The molecule has 5 nitrogen and oxygen atoms in total. The van der Waals surface area contributed by atoms with Crippen molar-refractivity contribution in [1.82, 2.24) is 10.3 Å². The number of hydrogen-bond acceptors (Lipinski definition) is 4. The van der Waals surface area contributed by atoms with Crippen LogP contribution >= 0.6 is 0 Å². The lowest BCUT2D eigenvalue weighted by Crippen LogP contribution is -2.25. The van der Waals surface area contributed by atoms with Crippen LogP contribution in [0.3, 0.4) is 0 Å². The van der Waals surface area contributed by atoms with Crippen LogP contribution in [0.4, 0.5) is 0 Å². The van der Waals surface area contributed by atoms with E-state index < -0.39 is 0 Å². The number of aryl methyl sites for hydroxylation is 1. The molecule has 0 aliphatic heterocycles. The van der Waals surface area contributed by atoms with Crippen molar-refractivity contribution in [1.29, 1.82) is 0 Å². The Bertz CT molecular complexity index is 839. The third kappa shape index (κ3) is 3.51. The summed E-state index contributed by atoms with van der Waals surface area (Å²) < 4.78 is 10.7. The number of rotatable bonds is 5. The van der Waals surface area contributed by atoms with E-state index in [9.17, 15) is 4.79 Å². The first-order valence-corrected chi connectivity index (χ1v) is 7.44. The van der Waals surface area contributed by atoms with Crippen LogP contribution in [0.1, 0.15) is 21.8 Å². The van der Waals surface area contributed by atoms with E-state index in [0.717, 1.165) is 23.4 Å². The Labute approximate surface area is 134 Å². The molecule has 0 aliphatic rings. The van der Waals surface area contributed by atoms with Crippen LogP contribution in [0.15, 0.2) is 46.9 Å². The van der Waals surface area contributed by atoms with Gasteiger partial charge in [-0.05, 0) is 43.2 Å². The lowest BCUT2D eigenvalue weighted by molar-refractivity contribution is 0.0928. The number of amides is 1. The Morgan fingerprint density at radius 3 is 2.96 bits per heavy atom. The molecule has 3 aromatic rings. The molecule has 5 heteroatoms. The number of carbonyl (C=O) groups is 1. The van der Waals surface area contributed by atoms with E-state index in [0.29, 0.717) is 17.6 Å². The number of carbonyl (C=O) groups excluding carboxylic acids is 1. The molecule has 0 saturated heterocycles. The fourth-order valence-electron chi connectivity index (χ4n) is 2.37. The van der Waals surface area contributed by atoms with Gasteiger partial charge in [-0.1, -0.05) is 12.1 Å². The van der Waals surface area contributed by atoms with Gasteiger partial charge in [0.2, 0.25) is 0 Å². The average Bonchev–Trinajstić information content (AvgIpc) is 2.98. The van der Waals surface area contributed by atoms with Crippen molar-refractivity contribution in [3.05, 3.63) is 59.5 Å². The standard InChI is InChI=1S/C18H18N2O3/c1-12-6-7-16-15(20-12)11-17(23-16)18(21)19-9-8-13-4-3-5-14(10-13)22-2/h3-7,10-11H,8-9H2,1-2H3,(H,19,21). The molecule has 2 aromatic heterocycles. The molecule has 0 saturated carbocycles. The molecule has 0 unspecified atom stereocenters. The van der Waals surface area contributed by atoms with E-state index >= 15 is 0 Å². The Kier molecular flexibility index (Phi) is 4.28. The number of aromatic nitrogens is 1. The number of nitrogens with zero attached hydrogens (tertiary/aromatic N) is 1. The molecule has 2 heterocycles. The van der Waals surface area contributed by atoms with Crippen molar-refractivity contribution < 1.29 is 13.9 Å². The Morgan fingerprint density at radius 2 is 2.13 bits per heavy atom. The highest BCUT2D eigenvalue weighted by molar-refractivity contribution is 5.95. The fraction of sp³-hybridized carbons (Fsp3) is 0.222. The molecule has 0 aliphatic carbocycles. The molecule has 1 N–H and O–H groups in total. The van der Waals surface area contributed by atoms with Crippen LogP contribution in [-0.2, 0) is 6.42 Å². The Balaban J connectivity index is 1.61. The third-order valence-electron chi connectivity index (χ3n) is 3.57. The molecule has 0 spiro atoms. The number of nitrogens with one attached hydrogen (secondary N) is 1. The summed E-state index contributed by atoms with van der Waals surface area (Å²) in [4.78, 5) is 16.5. The van der Waals surface area contributed by atoms with Gasteiger partial charge in [0.15, 0.2) is 11.3 Å². The van der Waals surface area contributed by atoms with Crippen LogP contribution in [0.25, 0.3) is 11.1 Å². The van der Waals surface area contributed by atoms with E-state index in [1.165, 1.54) is 0 Å². The van der Waals surface area contributed by atoms with Crippen molar-refractivity contribution in [3.63, 3.8) is 0 Å². The van der Waals surface area contributed by atoms with Crippen molar-refractivity contribution in [2.24, 2.45) is 0 Å². The predicted octanol–water partition coefficient (Wildman–Crippen LogP) is 3.12. The maximum atomic E-state index is 12.2. The quantitative estimate of drug-likeness (QED) is 0.786. The zero-order valence-corrected chi connectivity index (χ0v) is 13.1. The summed E-state index contributed by atoms with van der Waals surface area (Å²) in [6, 6.07) is 13.1. The minimum absolute atomic E-state index is 0.233. The lowest BCUT2D eigenvalue weighted by Gasteiger charge is -2.05. The van der Waals surface area contributed by atoms with Crippen molar-refractivity contribution in [2.75, 3.05) is 13.7 Å². The highest BCUT2D eigenvalue weighted by Crippen LogP contribution is 2.18. The highest BCUT2D eigenvalue weighted by Gasteiger charge is 2.12. The van der Waals surface area contributed by atoms with Gasteiger partial charge in [-0.25, -0.2) is 4.98 Å². The molecule has 0 atom stereocenters. The third-order valence-corrected chi connectivity index (χ3v) is 3.57. The number of methoxy groups -OCH3 is 1. The number of furan rings is 1. The first-order chi connectivity index (χ1) is 11.2. The van der Waals surface area contributed by atoms with Crippen LogP contribution in [-0.4, -0.2) is 24.5 Å². The molecule has 0 bridgehead atoms. The van der Waals surface area contributed by atoms with Gasteiger partial charge in [-0.15, -0.1) is 0 Å². The summed E-state index contributed by atoms with van der Waals surface area (Å²) in [5.41, 5.74) is 3.31. The fourth-order valence-corrected chi connectivity index (χ4v) is 2.37. The normalized spacial score (nSPS) is 10.7. The number of ether oxygens (including phenoxy) is 1. The van der Waals surface area contributed by atoms with Crippen LogP contribution in [0.2, 0.25) is 0 Å². The monoisotopic (exact) mass is 310 g/mol. The molecule has 0 fully saturated rings. The lowest BCUT2D eigenvalue weighted by atomic mass is 10.1. The summed E-state index contributed by atoms with van der Waals surface area (Å²) in [5.74, 6) is 0.861. The highest BCUT2D eigenvalue weighted by atomic mass is 16.5. The molecule has 1 aromatic carbocycles. The first kappa shape index (κ1) is 15.1. The van der Waals surface area contributed by atoms with Crippen LogP contribution in [0.5, 0.6) is 5.75 Å². The number of fused-ring (bicyclic) bond motifs is 1. The van der Waals surface area contributed by atoms with E-state index in [1.807, 2.05) is 43.3 Å². The van der Waals surface area contributed by atoms with Gasteiger partial charge in [0.25, 0.3) is 5.91 Å². The van der Waals surface area contributed by atoms with Crippen LogP contribution in [0, 0.1) is 6.92 Å². The van der Waals surface area contributed by atoms with Crippen molar-refractivity contribution >= 4 is 17.0 Å². The second kappa shape index (κ2) is 6.52. The summed E-state index contributed by atoms with van der Waals surface area (Å²) in [6.45, 7) is 2.43. The van der Waals surface area contributed by atoms with Gasteiger partial charge in [0, 0.05) is 18.3 Å². The Morgan fingerprint density at radius 1 is 1.26 bits per heavy atom. The SMILES string of the molecule is COc1cccc(CCNC(=O)c2cc3nc(C)ccc3o2)c1. The molecule has 118 valence electrons. The van der Waals surface area contributed by atoms with Gasteiger partial charge in [0.05, 0.1) is 7.11 Å².